The number of anilines is 1. The Morgan fingerprint density at radius 3 is 2.81 bits per heavy atom. The summed E-state index contributed by atoms with van der Waals surface area (Å²) in [5.74, 6) is 1.40. The lowest BCUT2D eigenvalue weighted by Gasteiger charge is -2.12. The second kappa shape index (κ2) is 9.07. The Morgan fingerprint density at radius 1 is 1.23 bits per heavy atom. The van der Waals surface area contributed by atoms with Crippen molar-refractivity contribution < 1.29 is 9.53 Å². The quantitative estimate of drug-likeness (QED) is 0.407. The molecule has 4 aromatic rings. The Bertz CT molecular complexity index is 1230. The van der Waals surface area contributed by atoms with E-state index in [0.29, 0.717) is 22.7 Å². The van der Waals surface area contributed by atoms with E-state index in [4.69, 9.17) is 4.74 Å². The van der Waals surface area contributed by atoms with Gasteiger partial charge in [0.2, 0.25) is 5.91 Å². The summed E-state index contributed by atoms with van der Waals surface area (Å²) in [6, 6.07) is 12.3. The largest absolute Gasteiger partial charge is 0.485 e. The Balaban J connectivity index is 1.40. The number of aryl methyl sites for hydroxylation is 2. The summed E-state index contributed by atoms with van der Waals surface area (Å²) in [5.41, 5.74) is 1.98. The molecule has 0 aliphatic carbocycles. The van der Waals surface area contributed by atoms with E-state index < -0.39 is 0 Å². The van der Waals surface area contributed by atoms with E-state index in [1.807, 2.05) is 49.0 Å². The number of amides is 1. The molecule has 160 valence electrons. The number of ether oxygens (including phenoxy) is 1. The highest BCUT2D eigenvalue weighted by atomic mass is 32.2. The van der Waals surface area contributed by atoms with E-state index in [-0.39, 0.29) is 11.2 Å². The fourth-order valence-electron chi connectivity index (χ4n) is 3.11. The third kappa shape index (κ3) is 4.72. The van der Waals surface area contributed by atoms with Crippen LogP contribution < -0.4 is 10.1 Å². The number of rotatable bonds is 7. The van der Waals surface area contributed by atoms with Crippen LogP contribution in [0.5, 0.6) is 5.75 Å². The predicted molar refractivity (Wildman–Crippen MR) is 125 cm³/mol. The summed E-state index contributed by atoms with van der Waals surface area (Å²) < 4.78 is 7.90. The first-order chi connectivity index (χ1) is 14.9. The van der Waals surface area contributed by atoms with Crippen LogP contribution in [-0.4, -0.2) is 30.9 Å². The van der Waals surface area contributed by atoms with Gasteiger partial charge in [-0.2, -0.15) is 0 Å². The normalized spacial score (nSPS) is 12.1. The Morgan fingerprint density at radius 2 is 2.03 bits per heavy atom. The molecule has 0 aliphatic rings. The SMILES string of the molecule is Cc1csc(NC(=O)C(C)Sc2nnc(COc3ccc4ccccc4c3C)n2C)n1. The fraction of sp³-hybridized carbons (Fsp3) is 0.273. The van der Waals surface area contributed by atoms with Crippen molar-refractivity contribution in [2.24, 2.45) is 7.05 Å². The number of carbonyl (C=O) groups is 1. The number of hydrogen-bond acceptors (Lipinski definition) is 7. The number of hydrogen-bond donors (Lipinski definition) is 1. The molecule has 0 aliphatic heterocycles. The van der Waals surface area contributed by atoms with Gasteiger partial charge in [-0.25, -0.2) is 4.98 Å². The molecule has 1 amide bonds. The summed E-state index contributed by atoms with van der Waals surface area (Å²) in [4.78, 5) is 16.7. The number of benzene rings is 2. The van der Waals surface area contributed by atoms with Crippen molar-refractivity contribution in [3.05, 3.63) is 58.9 Å². The van der Waals surface area contributed by atoms with Gasteiger partial charge in [0.05, 0.1) is 10.9 Å². The van der Waals surface area contributed by atoms with Crippen molar-refractivity contribution in [2.45, 2.75) is 37.8 Å². The zero-order valence-electron chi connectivity index (χ0n) is 17.7. The van der Waals surface area contributed by atoms with Crippen molar-refractivity contribution in [2.75, 3.05) is 5.32 Å². The first-order valence-corrected chi connectivity index (χ1v) is 11.6. The molecule has 1 atom stereocenters. The van der Waals surface area contributed by atoms with Gasteiger partial charge in [-0.15, -0.1) is 21.5 Å². The molecule has 0 spiro atoms. The highest BCUT2D eigenvalue weighted by Gasteiger charge is 2.20. The number of nitrogens with one attached hydrogen (secondary N) is 1. The minimum Gasteiger partial charge on any atom is -0.485 e. The Hall–Kier alpha value is -2.91. The number of carbonyl (C=O) groups excluding carboxylic acids is 1. The van der Waals surface area contributed by atoms with Gasteiger partial charge >= 0.3 is 0 Å². The van der Waals surface area contributed by atoms with Gasteiger partial charge in [-0.05, 0) is 43.2 Å². The molecule has 0 fully saturated rings. The molecule has 1 N–H and O–H groups in total. The monoisotopic (exact) mass is 453 g/mol. The Kier molecular flexibility index (Phi) is 6.24. The topological polar surface area (TPSA) is 81.9 Å². The molecule has 7 nitrogen and oxygen atoms in total. The smallest absolute Gasteiger partial charge is 0.239 e. The summed E-state index contributed by atoms with van der Waals surface area (Å²) in [6.07, 6.45) is 0. The lowest BCUT2D eigenvalue weighted by atomic mass is 10.0. The van der Waals surface area contributed by atoms with Gasteiger partial charge in [-0.3, -0.25) is 4.79 Å². The second-order valence-electron chi connectivity index (χ2n) is 7.20. The number of thioether (sulfide) groups is 1. The molecule has 2 aromatic carbocycles. The summed E-state index contributed by atoms with van der Waals surface area (Å²) in [7, 11) is 1.88. The first-order valence-electron chi connectivity index (χ1n) is 9.81. The predicted octanol–water partition coefficient (Wildman–Crippen LogP) is 4.74. The van der Waals surface area contributed by atoms with Crippen LogP contribution in [0, 0.1) is 13.8 Å². The van der Waals surface area contributed by atoms with Crippen molar-refractivity contribution >= 4 is 44.9 Å². The van der Waals surface area contributed by atoms with Gasteiger partial charge in [0.15, 0.2) is 16.1 Å². The first kappa shape index (κ1) is 21.3. The maximum Gasteiger partial charge on any atom is 0.239 e. The molecule has 31 heavy (non-hydrogen) atoms. The van der Waals surface area contributed by atoms with Crippen LogP contribution in [0.2, 0.25) is 0 Å². The van der Waals surface area contributed by atoms with Crippen LogP contribution in [0.4, 0.5) is 5.13 Å². The van der Waals surface area contributed by atoms with Gasteiger partial charge < -0.3 is 14.6 Å². The molecule has 0 saturated heterocycles. The summed E-state index contributed by atoms with van der Waals surface area (Å²) in [5, 5.41) is 16.5. The van der Waals surface area contributed by atoms with E-state index in [2.05, 4.69) is 45.6 Å². The van der Waals surface area contributed by atoms with Crippen molar-refractivity contribution in [1.82, 2.24) is 19.7 Å². The van der Waals surface area contributed by atoms with E-state index in [0.717, 1.165) is 17.0 Å². The van der Waals surface area contributed by atoms with Gasteiger partial charge in [0.25, 0.3) is 0 Å². The summed E-state index contributed by atoms with van der Waals surface area (Å²) in [6.45, 7) is 6.08. The standard InChI is InChI=1S/C22H23N5O2S2/c1-13-12-30-21(23-13)24-20(28)15(3)31-22-26-25-19(27(22)4)11-29-18-10-9-16-7-5-6-8-17(16)14(18)2/h5-10,12,15H,11H2,1-4H3,(H,23,24,28). The van der Waals surface area contributed by atoms with E-state index >= 15 is 0 Å². The zero-order valence-corrected chi connectivity index (χ0v) is 19.4. The molecule has 2 aromatic heterocycles. The number of fused-ring (bicyclic) bond motifs is 1. The number of nitrogens with zero attached hydrogens (tertiary/aromatic N) is 4. The molecule has 4 rings (SSSR count). The Labute approximate surface area is 188 Å². The van der Waals surface area contributed by atoms with Crippen LogP contribution >= 0.6 is 23.1 Å². The minimum atomic E-state index is -0.344. The van der Waals surface area contributed by atoms with Crippen LogP contribution in [0.25, 0.3) is 10.8 Å². The molecular weight excluding hydrogens is 430 g/mol. The lowest BCUT2D eigenvalue weighted by molar-refractivity contribution is -0.115. The summed E-state index contributed by atoms with van der Waals surface area (Å²) >= 11 is 2.76. The molecule has 0 radical (unpaired) electrons. The molecule has 0 saturated carbocycles. The van der Waals surface area contributed by atoms with E-state index in [1.54, 1.807) is 0 Å². The highest BCUT2D eigenvalue weighted by Crippen LogP contribution is 2.28. The fourth-order valence-corrected chi connectivity index (χ4v) is 4.63. The average molecular weight is 454 g/mol. The van der Waals surface area contributed by atoms with Crippen LogP contribution in [0.1, 0.15) is 24.0 Å². The maximum atomic E-state index is 12.5. The van der Waals surface area contributed by atoms with Crippen molar-refractivity contribution in [3.8, 4) is 5.75 Å². The van der Waals surface area contributed by atoms with Gasteiger partial charge in [0, 0.05) is 12.4 Å². The van der Waals surface area contributed by atoms with Crippen molar-refractivity contribution in [1.29, 1.82) is 0 Å². The minimum absolute atomic E-state index is 0.119. The molecule has 1 unspecified atom stereocenters. The molecule has 0 bridgehead atoms. The van der Waals surface area contributed by atoms with Crippen LogP contribution in [-0.2, 0) is 18.4 Å². The van der Waals surface area contributed by atoms with Crippen LogP contribution in [0.3, 0.4) is 0 Å². The van der Waals surface area contributed by atoms with E-state index in [9.17, 15) is 4.79 Å². The third-order valence-electron chi connectivity index (χ3n) is 4.93. The lowest BCUT2D eigenvalue weighted by Crippen LogP contribution is -2.22. The van der Waals surface area contributed by atoms with Crippen LogP contribution in [0.15, 0.2) is 46.9 Å². The molecular formula is C22H23N5O2S2. The second-order valence-corrected chi connectivity index (χ2v) is 9.37. The zero-order chi connectivity index (χ0) is 22.0. The van der Waals surface area contributed by atoms with Crippen molar-refractivity contribution in [3.63, 3.8) is 0 Å². The highest BCUT2D eigenvalue weighted by molar-refractivity contribution is 8.00. The third-order valence-corrected chi connectivity index (χ3v) is 6.94. The van der Waals surface area contributed by atoms with Gasteiger partial charge in [0.1, 0.15) is 12.4 Å². The average Bonchev–Trinajstić information content (AvgIpc) is 3.33. The molecule has 2 heterocycles. The van der Waals surface area contributed by atoms with Gasteiger partial charge in [-0.1, -0.05) is 42.1 Å². The van der Waals surface area contributed by atoms with E-state index in [1.165, 1.54) is 33.9 Å². The number of thiazole rings is 1. The number of aromatic nitrogens is 4. The maximum absolute atomic E-state index is 12.5. The molecule has 9 heteroatoms.